The summed E-state index contributed by atoms with van der Waals surface area (Å²) in [6, 6.07) is 15.2. The van der Waals surface area contributed by atoms with Gasteiger partial charge in [-0.05, 0) is 40.1 Å². The fraction of sp³-hybridized carbons (Fsp3) is 0.200. The quantitative estimate of drug-likeness (QED) is 0.553. The lowest BCUT2D eigenvalue weighted by Gasteiger charge is -2.10. The van der Waals surface area contributed by atoms with E-state index in [9.17, 15) is 10.1 Å². The highest BCUT2D eigenvalue weighted by atomic mass is 79.9. The molecule has 0 saturated heterocycles. The maximum atomic E-state index is 12.3. The van der Waals surface area contributed by atoms with E-state index in [4.69, 9.17) is 9.47 Å². The Kier molecular flexibility index (Phi) is 7.24. The number of halogens is 1. The predicted octanol–water partition coefficient (Wildman–Crippen LogP) is 3.73. The highest BCUT2D eigenvalue weighted by molar-refractivity contribution is 9.10. The van der Waals surface area contributed by atoms with E-state index in [-0.39, 0.29) is 5.57 Å². The minimum Gasteiger partial charge on any atom is -0.496 e. The van der Waals surface area contributed by atoms with Crippen LogP contribution in [0.15, 0.2) is 52.5 Å². The molecule has 0 aliphatic heterocycles. The van der Waals surface area contributed by atoms with Crippen LogP contribution in [0.1, 0.15) is 11.1 Å². The number of nitriles is 1. The molecule has 0 heterocycles. The molecule has 26 heavy (non-hydrogen) atoms. The zero-order chi connectivity index (χ0) is 18.9. The molecule has 0 saturated carbocycles. The van der Waals surface area contributed by atoms with E-state index in [1.807, 2.05) is 36.4 Å². The third kappa shape index (κ3) is 5.11. The van der Waals surface area contributed by atoms with Crippen molar-refractivity contribution in [3.8, 4) is 17.6 Å². The van der Waals surface area contributed by atoms with Crippen molar-refractivity contribution in [2.45, 2.75) is 6.42 Å². The molecule has 134 valence electrons. The van der Waals surface area contributed by atoms with Gasteiger partial charge in [-0.15, -0.1) is 0 Å². The van der Waals surface area contributed by atoms with E-state index in [0.29, 0.717) is 34.5 Å². The summed E-state index contributed by atoms with van der Waals surface area (Å²) in [6.45, 7) is 0.450. The summed E-state index contributed by atoms with van der Waals surface area (Å²) in [6.07, 6.45) is 2.20. The molecular formula is C20H19BrN2O3. The van der Waals surface area contributed by atoms with Crippen molar-refractivity contribution in [3.05, 3.63) is 63.6 Å². The Bertz CT molecular complexity index is 842. The third-order valence-electron chi connectivity index (χ3n) is 3.71. The Balaban J connectivity index is 2.13. The molecular weight excluding hydrogens is 396 g/mol. The highest BCUT2D eigenvalue weighted by Crippen LogP contribution is 2.33. The fourth-order valence-electron chi connectivity index (χ4n) is 2.36. The number of nitrogens with one attached hydrogen (secondary N) is 1. The Morgan fingerprint density at radius 3 is 2.50 bits per heavy atom. The van der Waals surface area contributed by atoms with Gasteiger partial charge in [-0.3, -0.25) is 4.79 Å². The van der Waals surface area contributed by atoms with Crippen molar-refractivity contribution in [2.24, 2.45) is 0 Å². The first-order valence-electron chi connectivity index (χ1n) is 7.94. The molecule has 6 heteroatoms. The van der Waals surface area contributed by atoms with Gasteiger partial charge in [0.15, 0.2) is 0 Å². The number of nitrogens with zero attached hydrogens (tertiary/aromatic N) is 1. The number of hydrogen-bond donors (Lipinski definition) is 1. The van der Waals surface area contributed by atoms with Crippen molar-refractivity contribution in [3.63, 3.8) is 0 Å². The molecule has 2 aromatic rings. The van der Waals surface area contributed by atoms with Gasteiger partial charge in [-0.25, -0.2) is 0 Å². The lowest BCUT2D eigenvalue weighted by molar-refractivity contribution is -0.117. The Hall–Kier alpha value is -2.78. The van der Waals surface area contributed by atoms with Crippen molar-refractivity contribution in [1.82, 2.24) is 5.32 Å². The van der Waals surface area contributed by atoms with Gasteiger partial charge in [0.2, 0.25) is 0 Å². The summed E-state index contributed by atoms with van der Waals surface area (Å²) in [5.74, 6) is 0.692. The predicted molar refractivity (Wildman–Crippen MR) is 104 cm³/mol. The maximum absolute atomic E-state index is 12.3. The third-order valence-corrected chi connectivity index (χ3v) is 4.33. The summed E-state index contributed by atoms with van der Waals surface area (Å²) >= 11 is 3.39. The molecule has 0 radical (unpaired) electrons. The SMILES string of the molecule is COc1cc(OC)c(/C=C(\C#N)C(=O)NCCc2ccccc2)cc1Br. The monoisotopic (exact) mass is 414 g/mol. The average Bonchev–Trinajstić information content (AvgIpc) is 2.66. The van der Waals surface area contributed by atoms with Crippen molar-refractivity contribution in [1.29, 1.82) is 5.26 Å². The molecule has 1 N–H and O–H groups in total. The minimum atomic E-state index is -0.419. The van der Waals surface area contributed by atoms with Crippen LogP contribution in [0, 0.1) is 11.3 Å². The Labute approximate surface area is 161 Å². The molecule has 2 rings (SSSR count). The summed E-state index contributed by atoms with van der Waals surface area (Å²) in [5, 5.41) is 12.1. The van der Waals surface area contributed by atoms with Gasteiger partial charge >= 0.3 is 0 Å². The zero-order valence-corrected chi connectivity index (χ0v) is 16.2. The molecule has 5 nitrogen and oxygen atoms in total. The summed E-state index contributed by atoms with van der Waals surface area (Å²) < 4.78 is 11.2. The summed E-state index contributed by atoms with van der Waals surface area (Å²) in [4.78, 5) is 12.3. The van der Waals surface area contributed by atoms with Crippen LogP contribution in [-0.2, 0) is 11.2 Å². The topological polar surface area (TPSA) is 71.3 Å². The van der Waals surface area contributed by atoms with Gasteiger partial charge in [0.25, 0.3) is 5.91 Å². The number of benzene rings is 2. The normalized spacial score (nSPS) is 10.8. The van der Waals surface area contributed by atoms with E-state index in [1.54, 1.807) is 19.2 Å². The van der Waals surface area contributed by atoms with E-state index in [1.165, 1.54) is 13.2 Å². The average molecular weight is 415 g/mol. The maximum Gasteiger partial charge on any atom is 0.261 e. The number of rotatable bonds is 7. The first-order valence-corrected chi connectivity index (χ1v) is 8.73. The van der Waals surface area contributed by atoms with Crippen molar-refractivity contribution in [2.75, 3.05) is 20.8 Å². The second kappa shape index (κ2) is 9.64. The second-order valence-corrected chi connectivity index (χ2v) is 6.24. The molecule has 0 bridgehead atoms. The molecule has 1 amide bonds. The van der Waals surface area contributed by atoms with Crippen LogP contribution in [0.5, 0.6) is 11.5 Å². The van der Waals surface area contributed by atoms with Crippen LogP contribution in [0.2, 0.25) is 0 Å². The largest absolute Gasteiger partial charge is 0.496 e. The molecule has 0 aliphatic carbocycles. The van der Waals surface area contributed by atoms with Crippen LogP contribution in [0.4, 0.5) is 0 Å². The van der Waals surface area contributed by atoms with E-state index >= 15 is 0 Å². The number of hydrogen-bond acceptors (Lipinski definition) is 4. The second-order valence-electron chi connectivity index (χ2n) is 5.39. The molecule has 2 aromatic carbocycles. The highest BCUT2D eigenvalue weighted by Gasteiger charge is 2.13. The van der Waals surface area contributed by atoms with Crippen LogP contribution in [0.25, 0.3) is 6.08 Å². The minimum absolute atomic E-state index is 0.00780. The Morgan fingerprint density at radius 2 is 1.88 bits per heavy atom. The van der Waals surface area contributed by atoms with Gasteiger partial charge in [0.1, 0.15) is 23.1 Å². The van der Waals surface area contributed by atoms with Crippen LogP contribution in [-0.4, -0.2) is 26.7 Å². The standard InChI is InChI=1S/C20H19BrN2O3/c1-25-18-12-19(26-2)17(21)11-15(18)10-16(13-22)20(24)23-9-8-14-6-4-3-5-7-14/h3-7,10-12H,8-9H2,1-2H3,(H,23,24)/b16-10+. The van der Waals surface area contributed by atoms with Crippen molar-refractivity contribution < 1.29 is 14.3 Å². The molecule has 0 aliphatic rings. The van der Waals surface area contributed by atoms with Gasteiger partial charge in [0, 0.05) is 18.2 Å². The molecule has 0 spiro atoms. The first-order chi connectivity index (χ1) is 12.6. The molecule has 0 aromatic heterocycles. The van der Waals surface area contributed by atoms with Gasteiger partial charge < -0.3 is 14.8 Å². The number of carbonyl (C=O) groups is 1. The summed E-state index contributed by atoms with van der Waals surface area (Å²) in [5.41, 5.74) is 1.74. The summed E-state index contributed by atoms with van der Waals surface area (Å²) in [7, 11) is 3.07. The number of ether oxygens (including phenoxy) is 2. The number of methoxy groups -OCH3 is 2. The van der Waals surface area contributed by atoms with E-state index in [0.717, 1.165) is 5.56 Å². The van der Waals surface area contributed by atoms with Gasteiger partial charge in [-0.2, -0.15) is 5.26 Å². The van der Waals surface area contributed by atoms with Crippen molar-refractivity contribution >= 4 is 27.9 Å². The molecule has 0 fully saturated rings. The van der Waals surface area contributed by atoms with E-state index < -0.39 is 5.91 Å². The smallest absolute Gasteiger partial charge is 0.261 e. The Morgan fingerprint density at radius 1 is 1.19 bits per heavy atom. The lowest BCUT2D eigenvalue weighted by Crippen LogP contribution is -2.26. The van der Waals surface area contributed by atoms with E-state index in [2.05, 4.69) is 21.2 Å². The molecule has 0 unspecified atom stereocenters. The fourth-order valence-corrected chi connectivity index (χ4v) is 2.88. The van der Waals surface area contributed by atoms with Crippen LogP contribution in [0.3, 0.4) is 0 Å². The lowest BCUT2D eigenvalue weighted by atomic mass is 10.1. The van der Waals surface area contributed by atoms with Crippen LogP contribution >= 0.6 is 15.9 Å². The zero-order valence-electron chi connectivity index (χ0n) is 14.6. The van der Waals surface area contributed by atoms with Gasteiger partial charge in [-0.1, -0.05) is 30.3 Å². The first kappa shape index (κ1) is 19.5. The molecule has 0 atom stereocenters. The number of carbonyl (C=O) groups excluding carboxylic acids is 1. The van der Waals surface area contributed by atoms with Gasteiger partial charge in [0.05, 0.1) is 18.7 Å². The van der Waals surface area contributed by atoms with Crippen LogP contribution < -0.4 is 14.8 Å². The number of amides is 1.